The predicted molar refractivity (Wildman–Crippen MR) is 55.5 cm³/mol. The Morgan fingerprint density at radius 3 is 3.08 bits per heavy atom. The van der Waals surface area contributed by atoms with Crippen LogP contribution < -0.4 is 0 Å². The van der Waals surface area contributed by atoms with Gasteiger partial charge in [0.1, 0.15) is 0 Å². The Hall–Kier alpha value is -0.300. The first kappa shape index (κ1) is 8.31. The standard InChI is InChI=1S/C11H13Br/c1-2-8-6-7-10-9(8)4-3-5-11(10)12/h3-5,8H,2,6-7H2,1H3. The molecule has 0 saturated carbocycles. The van der Waals surface area contributed by atoms with Gasteiger partial charge in [0.15, 0.2) is 0 Å². The molecular formula is C11H13Br. The van der Waals surface area contributed by atoms with Crippen LogP contribution in [0.1, 0.15) is 36.8 Å². The average Bonchev–Trinajstić information content (AvgIpc) is 2.49. The molecule has 1 aliphatic rings. The van der Waals surface area contributed by atoms with E-state index in [-0.39, 0.29) is 0 Å². The van der Waals surface area contributed by atoms with Gasteiger partial charge < -0.3 is 0 Å². The van der Waals surface area contributed by atoms with Crippen molar-refractivity contribution in [2.24, 2.45) is 0 Å². The second kappa shape index (κ2) is 3.21. The first-order valence-corrected chi connectivity index (χ1v) is 5.39. The molecule has 0 bridgehead atoms. The zero-order valence-electron chi connectivity index (χ0n) is 7.31. The van der Waals surface area contributed by atoms with Gasteiger partial charge in [-0.05, 0) is 42.4 Å². The molecule has 0 saturated heterocycles. The zero-order valence-corrected chi connectivity index (χ0v) is 8.89. The van der Waals surface area contributed by atoms with Gasteiger partial charge in [0, 0.05) is 4.47 Å². The van der Waals surface area contributed by atoms with Crippen molar-refractivity contribution >= 4 is 15.9 Å². The third kappa shape index (κ3) is 1.20. The summed E-state index contributed by atoms with van der Waals surface area (Å²) in [5, 5.41) is 0. The van der Waals surface area contributed by atoms with Crippen molar-refractivity contribution in [3.63, 3.8) is 0 Å². The molecule has 1 heteroatoms. The van der Waals surface area contributed by atoms with E-state index >= 15 is 0 Å². The lowest BCUT2D eigenvalue weighted by molar-refractivity contribution is 0.656. The molecule has 0 nitrogen and oxygen atoms in total. The molecule has 64 valence electrons. The van der Waals surface area contributed by atoms with E-state index in [1.54, 1.807) is 11.1 Å². The molecule has 0 radical (unpaired) electrons. The molecule has 2 rings (SSSR count). The van der Waals surface area contributed by atoms with E-state index in [1.807, 2.05) is 0 Å². The highest BCUT2D eigenvalue weighted by molar-refractivity contribution is 9.10. The Morgan fingerprint density at radius 2 is 2.33 bits per heavy atom. The van der Waals surface area contributed by atoms with Crippen LogP contribution in [0.5, 0.6) is 0 Å². The monoisotopic (exact) mass is 224 g/mol. The lowest BCUT2D eigenvalue weighted by atomic mass is 9.99. The van der Waals surface area contributed by atoms with Gasteiger partial charge in [-0.3, -0.25) is 0 Å². The molecule has 0 heterocycles. The van der Waals surface area contributed by atoms with Gasteiger partial charge in [0.25, 0.3) is 0 Å². The van der Waals surface area contributed by atoms with Crippen molar-refractivity contribution in [3.05, 3.63) is 33.8 Å². The minimum Gasteiger partial charge on any atom is -0.0648 e. The highest BCUT2D eigenvalue weighted by Crippen LogP contribution is 2.38. The molecule has 1 aromatic rings. The third-order valence-corrected chi connectivity index (χ3v) is 3.57. The van der Waals surface area contributed by atoms with E-state index in [9.17, 15) is 0 Å². The molecule has 0 N–H and O–H groups in total. The first-order valence-electron chi connectivity index (χ1n) is 4.60. The van der Waals surface area contributed by atoms with Crippen molar-refractivity contribution in [3.8, 4) is 0 Å². The van der Waals surface area contributed by atoms with Gasteiger partial charge in [-0.2, -0.15) is 0 Å². The van der Waals surface area contributed by atoms with Crippen LogP contribution in [0.15, 0.2) is 22.7 Å². The Balaban J connectivity index is 2.46. The summed E-state index contributed by atoms with van der Waals surface area (Å²) in [5.74, 6) is 0.817. The molecule has 1 unspecified atom stereocenters. The Bertz CT molecular complexity index is 291. The normalized spacial score (nSPS) is 21.0. The van der Waals surface area contributed by atoms with E-state index in [0.717, 1.165) is 5.92 Å². The summed E-state index contributed by atoms with van der Waals surface area (Å²) < 4.78 is 1.30. The van der Waals surface area contributed by atoms with E-state index in [4.69, 9.17) is 0 Å². The van der Waals surface area contributed by atoms with E-state index in [0.29, 0.717) is 0 Å². The number of hydrogen-bond acceptors (Lipinski definition) is 0. The van der Waals surface area contributed by atoms with Crippen LogP contribution in [0.4, 0.5) is 0 Å². The van der Waals surface area contributed by atoms with Crippen molar-refractivity contribution < 1.29 is 0 Å². The van der Waals surface area contributed by atoms with Gasteiger partial charge in [0.2, 0.25) is 0 Å². The SMILES string of the molecule is CCC1CCc2c(Br)cccc21. The average molecular weight is 225 g/mol. The fraction of sp³-hybridized carbons (Fsp3) is 0.455. The van der Waals surface area contributed by atoms with Crippen LogP contribution in [-0.2, 0) is 6.42 Å². The maximum Gasteiger partial charge on any atom is 0.0210 e. The highest BCUT2D eigenvalue weighted by Gasteiger charge is 2.21. The molecule has 0 spiro atoms. The number of benzene rings is 1. The third-order valence-electron chi connectivity index (χ3n) is 2.83. The minimum atomic E-state index is 0.817. The second-order valence-electron chi connectivity index (χ2n) is 3.45. The second-order valence-corrected chi connectivity index (χ2v) is 4.31. The summed E-state index contributed by atoms with van der Waals surface area (Å²) in [6.45, 7) is 2.28. The van der Waals surface area contributed by atoms with Crippen LogP contribution in [-0.4, -0.2) is 0 Å². The van der Waals surface area contributed by atoms with Crippen molar-refractivity contribution in [2.45, 2.75) is 32.1 Å². The summed E-state index contributed by atoms with van der Waals surface area (Å²) >= 11 is 3.60. The lowest BCUT2D eigenvalue weighted by Gasteiger charge is -2.07. The maximum absolute atomic E-state index is 3.60. The summed E-state index contributed by atoms with van der Waals surface area (Å²) in [7, 11) is 0. The van der Waals surface area contributed by atoms with Gasteiger partial charge in [-0.1, -0.05) is 35.0 Å². The van der Waals surface area contributed by atoms with Crippen LogP contribution in [0.2, 0.25) is 0 Å². The van der Waals surface area contributed by atoms with Crippen molar-refractivity contribution in [1.82, 2.24) is 0 Å². The molecule has 0 amide bonds. The van der Waals surface area contributed by atoms with Crippen LogP contribution in [0.3, 0.4) is 0 Å². The quantitative estimate of drug-likeness (QED) is 0.680. The Kier molecular flexibility index (Phi) is 2.22. The zero-order chi connectivity index (χ0) is 8.55. The smallest absolute Gasteiger partial charge is 0.0210 e. The molecule has 1 atom stereocenters. The molecule has 0 fully saturated rings. The maximum atomic E-state index is 3.60. The number of hydrogen-bond donors (Lipinski definition) is 0. The summed E-state index contributed by atoms with van der Waals surface area (Å²) in [5.41, 5.74) is 3.12. The fourth-order valence-electron chi connectivity index (χ4n) is 2.12. The van der Waals surface area contributed by atoms with Crippen molar-refractivity contribution in [2.75, 3.05) is 0 Å². The number of rotatable bonds is 1. The van der Waals surface area contributed by atoms with Crippen molar-refractivity contribution in [1.29, 1.82) is 0 Å². The molecule has 12 heavy (non-hydrogen) atoms. The Morgan fingerprint density at radius 1 is 1.50 bits per heavy atom. The molecule has 1 aromatic carbocycles. The van der Waals surface area contributed by atoms with E-state index in [1.165, 1.54) is 23.7 Å². The van der Waals surface area contributed by atoms with Gasteiger partial charge in [-0.25, -0.2) is 0 Å². The number of fused-ring (bicyclic) bond motifs is 1. The minimum absolute atomic E-state index is 0.817. The fourth-order valence-corrected chi connectivity index (χ4v) is 2.70. The molecule has 0 aliphatic heterocycles. The Labute approximate surface area is 82.1 Å². The van der Waals surface area contributed by atoms with Gasteiger partial charge >= 0.3 is 0 Å². The summed E-state index contributed by atoms with van der Waals surface area (Å²) in [6.07, 6.45) is 3.88. The number of halogens is 1. The highest BCUT2D eigenvalue weighted by atomic mass is 79.9. The summed E-state index contributed by atoms with van der Waals surface area (Å²) in [6, 6.07) is 6.58. The first-order chi connectivity index (χ1) is 5.83. The van der Waals surface area contributed by atoms with E-state index in [2.05, 4.69) is 41.1 Å². The van der Waals surface area contributed by atoms with Crippen LogP contribution >= 0.6 is 15.9 Å². The van der Waals surface area contributed by atoms with E-state index < -0.39 is 0 Å². The topological polar surface area (TPSA) is 0 Å². The molecular weight excluding hydrogens is 212 g/mol. The predicted octanol–water partition coefficient (Wildman–Crippen LogP) is 3.89. The largest absolute Gasteiger partial charge is 0.0648 e. The molecule has 0 aromatic heterocycles. The van der Waals surface area contributed by atoms with Gasteiger partial charge in [-0.15, -0.1) is 0 Å². The lowest BCUT2D eigenvalue weighted by Crippen LogP contribution is -1.89. The van der Waals surface area contributed by atoms with Gasteiger partial charge in [0.05, 0.1) is 0 Å². The summed E-state index contributed by atoms with van der Waals surface area (Å²) in [4.78, 5) is 0. The molecule has 1 aliphatic carbocycles. The van der Waals surface area contributed by atoms with Crippen LogP contribution in [0.25, 0.3) is 0 Å². The van der Waals surface area contributed by atoms with Crippen LogP contribution in [0, 0.1) is 0 Å².